The molecule has 2 atom stereocenters. The number of nitrogens with one attached hydrogen (secondary N) is 2. The zero-order chi connectivity index (χ0) is 15.5. The zero-order valence-electron chi connectivity index (χ0n) is 11.3. The number of anilines is 1. The van der Waals surface area contributed by atoms with Gasteiger partial charge >= 0.3 is 12.2 Å². The van der Waals surface area contributed by atoms with Crippen LogP contribution in [0.2, 0.25) is 0 Å². The third-order valence-electron chi connectivity index (χ3n) is 3.45. The molecule has 1 fully saturated rings. The van der Waals surface area contributed by atoms with E-state index in [0.29, 0.717) is 6.42 Å². The maximum absolute atomic E-state index is 12.4. The first kappa shape index (κ1) is 15.6. The Morgan fingerprint density at radius 1 is 1.19 bits per heavy atom. The molecule has 1 aliphatic rings. The first-order valence-electron chi connectivity index (χ1n) is 6.77. The molecule has 1 aromatic carbocycles. The van der Waals surface area contributed by atoms with Crippen molar-refractivity contribution >= 4 is 11.7 Å². The second-order valence-corrected chi connectivity index (χ2v) is 5.19. The van der Waals surface area contributed by atoms with Crippen molar-refractivity contribution in [1.82, 2.24) is 5.32 Å². The predicted molar refractivity (Wildman–Crippen MR) is 71.9 cm³/mol. The van der Waals surface area contributed by atoms with Gasteiger partial charge in [-0.15, -0.1) is 0 Å². The molecule has 2 amide bonds. The van der Waals surface area contributed by atoms with Crippen LogP contribution >= 0.6 is 0 Å². The molecule has 0 saturated heterocycles. The number of hydrogen-bond donors (Lipinski definition) is 3. The van der Waals surface area contributed by atoms with Crippen molar-refractivity contribution in [1.29, 1.82) is 0 Å². The van der Waals surface area contributed by atoms with Crippen molar-refractivity contribution in [3.8, 4) is 0 Å². The summed E-state index contributed by atoms with van der Waals surface area (Å²) < 4.78 is 37.2. The Bertz CT molecular complexity index is 488. The third kappa shape index (κ3) is 4.63. The van der Waals surface area contributed by atoms with Crippen LogP contribution in [0.4, 0.5) is 23.7 Å². The summed E-state index contributed by atoms with van der Waals surface area (Å²) in [5, 5.41) is 14.7. The summed E-state index contributed by atoms with van der Waals surface area (Å²) in [6.07, 6.45) is -1.93. The molecule has 2 rings (SSSR count). The second-order valence-electron chi connectivity index (χ2n) is 5.19. The fourth-order valence-electron chi connectivity index (χ4n) is 2.39. The maximum atomic E-state index is 12.4. The minimum absolute atomic E-state index is 0.108. The summed E-state index contributed by atoms with van der Waals surface area (Å²) in [7, 11) is 0. The molecule has 0 heterocycles. The van der Waals surface area contributed by atoms with E-state index in [2.05, 4.69) is 10.6 Å². The fourth-order valence-corrected chi connectivity index (χ4v) is 2.39. The molecule has 0 radical (unpaired) electrons. The van der Waals surface area contributed by atoms with Gasteiger partial charge in [-0.25, -0.2) is 4.79 Å². The lowest BCUT2D eigenvalue weighted by atomic mass is 9.93. The summed E-state index contributed by atoms with van der Waals surface area (Å²) in [5.74, 6) is 0. The number of carbonyl (C=O) groups is 1. The van der Waals surface area contributed by atoms with Crippen molar-refractivity contribution in [3.05, 3.63) is 29.8 Å². The van der Waals surface area contributed by atoms with E-state index in [-0.39, 0.29) is 11.7 Å². The van der Waals surface area contributed by atoms with Gasteiger partial charge in [-0.3, -0.25) is 0 Å². The Balaban J connectivity index is 1.87. The first-order valence-corrected chi connectivity index (χ1v) is 6.77. The first-order chi connectivity index (χ1) is 9.84. The van der Waals surface area contributed by atoms with Gasteiger partial charge in [-0.1, -0.05) is 0 Å². The van der Waals surface area contributed by atoms with E-state index in [0.717, 1.165) is 31.4 Å². The Morgan fingerprint density at radius 2 is 1.86 bits per heavy atom. The van der Waals surface area contributed by atoms with E-state index in [4.69, 9.17) is 0 Å². The highest BCUT2D eigenvalue weighted by Gasteiger charge is 2.30. The Kier molecular flexibility index (Phi) is 4.72. The molecule has 0 spiro atoms. The van der Waals surface area contributed by atoms with Crippen LogP contribution in [0.5, 0.6) is 0 Å². The lowest BCUT2D eigenvalue weighted by Gasteiger charge is -2.26. The standard InChI is InChI=1S/C14H17F3N2O2/c15-14(16,17)9-4-6-10(7-5-9)18-13(21)19-11-2-1-3-12(20)8-11/h4-7,11-12,20H,1-3,8H2,(H2,18,19,21)/t11-,12-/m1/s1. The van der Waals surface area contributed by atoms with Crippen molar-refractivity contribution < 1.29 is 23.1 Å². The van der Waals surface area contributed by atoms with E-state index < -0.39 is 23.9 Å². The average molecular weight is 302 g/mol. The van der Waals surface area contributed by atoms with Gasteiger partial charge in [0.2, 0.25) is 0 Å². The van der Waals surface area contributed by atoms with Crippen LogP contribution in [0, 0.1) is 0 Å². The van der Waals surface area contributed by atoms with Crippen LogP contribution in [0.15, 0.2) is 24.3 Å². The topological polar surface area (TPSA) is 61.4 Å². The van der Waals surface area contributed by atoms with Gasteiger partial charge in [0.25, 0.3) is 0 Å². The number of halogens is 3. The minimum Gasteiger partial charge on any atom is -0.393 e. The molecule has 0 aliphatic heterocycles. The summed E-state index contributed by atoms with van der Waals surface area (Å²) in [6, 6.07) is 3.66. The van der Waals surface area contributed by atoms with E-state index in [1.54, 1.807) is 0 Å². The van der Waals surface area contributed by atoms with Gasteiger partial charge in [0.05, 0.1) is 11.7 Å². The lowest BCUT2D eigenvalue weighted by molar-refractivity contribution is -0.137. The Morgan fingerprint density at radius 3 is 2.43 bits per heavy atom. The van der Waals surface area contributed by atoms with Crippen LogP contribution < -0.4 is 10.6 Å². The quantitative estimate of drug-likeness (QED) is 0.786. The van der Waals surface area contributed by atoms with Gasteiger partial charge in [-0.05, 0) is 49.9 Å². The van der Waals surface area contributed by atoms with Gasteiger partial charge < -0.3 is 15.7 Å². The average Bonchev–Trinajstić information content (AvgIpc) is 2.38. The number of hydrogen-bond acceptors (Lipinski definition) is 2. The number of alkyl halides is 3. The SMILES string of the molecule is O=C(Nc1ccc(C(F)(F)F)cc1)N[C@@H]1CCC[C@@H](O)C1. The number of aliphatic hydroxyl groups is 1. The number of rotatable bonds is 2. The van der Waals surface area contributed by atoms with Crippen LogP contribution in [0.3, 0.4) is 0 Å². The molecule has 4 nitrogen and oxygen atoms in total. The maximum Gasteiger partial charge on any atom is 0.416 e. The molecular weight excluding hydrogens is 285 g/mol. The van der Waals surface area contributed by atoms with Crippen molar-refractivity contribution in [2.24, 2.45) is 0 Å². The van der Waals surface area contributed by atoms with Gasteiger partial charge in [0, 0.05) is 11.7 Å². The molecule has 21 heavy (non-hydrogen) atoms. The van der Waals surface area contributed by atoms with Crippen LogP contribution in [0.1, 0.15) is 31.2 Å². The number of aliphatic hydroxyl groups excluding tert-OH is 1. The molecule has 7 heteroatoms. The van der Waals surface area contributed by atoms with Crippen LogP contribution in [-0.2, 0) is 6.18 Å². The van der Waals surface area contributed by atoms with Gasteiger partial charge in [0.1, 0.15) is 0 Å². The molecule has 0 aromatic heterocycles. The minimum atomic E-state index is -4.39. The van der Waals surface area contributed by atoms with E-state index >= 15 is 0 Å². The second kappa shape index (κ2) is 6.34. The Labute approximate surface area is 120 Å². The van der Waals surface area contributed by atoms with E-state index in [9.17, 15) is 23.1 Å². The normalized spacial score (nSPS) is 22.7. The van der Waals surface area contributed by atoms with Gasteiger partial charge in [0.15, 0.2) is 0 Å². The molecule has 0 unspecified atom stereocenters. The highest BCUT2D eigenvalue weighted by molar-refractivity contribution is 5.89. The fraction of sp³-hybridized carbons (Fsp3) is 0.500. The summed E-state index contributed by atoms with van der Waals surface area (Å²) >= 11 is 0. The number of urea groups is 1. The van der Waals surface area contributed by atoms with Crippen molar-refractivity contribution in [3.63, 3.8) is 0 Å². The molecule has 116 valence electrons. The molecule has 3 N–H and O–H groups in total. The molecular formula is C14H17F3N2O2. The Hall–Kier alpha value is -1.76. The molecule has 0 bridgehead atoms. The van der Waals surface area contributed by atoms with E-state index in [1.165, 1.54) is 12.1 Å². The summed E-state index contributed by atoms with van der Waals surface area (Å²) in [4.78, 5) is 11.7. The molecule has 1 aliphatic carbocycles. The summed E-state index contributed by atoms with van der Waals surface area (Å²) in [6.45, 7) is 0. The smallest absolute Gasteiger partial charge is 0.393 e. The molecule has 1 saturated carbocycles. The lowest BCUT2D eigenvalue weighted by Crippen LogP contribution is -2.41. The van der Waals surface area contributed by atoms with Crippen LogP contribution in [-0.4, -0.2) is 23.3 Å². The van der Waals surface area contributed by atoms with Gasteiger partial charge in [-0.2, -0.15) is 13.2 Å². The zero-order valence-corrected chi connectivity index (χ0v) is 11.3. The highest BCUT2D eigenvalue weighted by Crippen LogP contribution is 2.29. The predicted octanol–water partition coefficient (Wildman–Crippen LogP) is 3.13. The molecule has 1 aromatic rings. The number of carbonyl (C=O) groups excluding carboxylic acids is 1. The van der Waals surface area contributed by atoms with E-state index in [1.807, 2.05) is 0 Å². The number of amides is 2. The third-order valence-corrected chi connectivity index (χ3v) is 3.45. The van der Waals surface area contributed by atoms with Crippen molar-refractivity contribution in [2.75, 3.05) is 5.32 Å². The monoisotopic (exact) mass is 302 g/mol. The number of benzene rings is 1. The summed E-state index contributed by atoms with van der Waals surface area (Å²) in [5.41, 5.74) is -0.472. The van der Waals surface area contributed by atoms with Crippen molar-refractivity contribution in [2.45, 2.75) is 44.0 Å². The van der Waals surface area contributed by atoms with Crippen LogP contribution in [0.25, 0.3) is 0 Å². The largest absolute Gasteiger partial charge is 0.416 e. The highest BCUT2D eigenvalue weighted by atomic mass is 19.4.